The Bertz CT molecular complexity index is 1290. The number of piperidine rings is 1. The minimum absolute atomic E-state index is 0.0424. The van der Waals surface area contributed by atoms with Crippen molar-refractivity contribution in [3.8, 4) is 5.75 Å². The van der Waals surface area contributed by atoms with Gasteiger partial charge in [0.2, 0.25) is 5.91 Å². The molecule has 1 N–H and O–H groups in total. The number of hydrogen-bond donors (Lipinski definition) is 1. The molecular formula is C35H51N3O8. The molecule has 2 amide bonds. The van der Waals surface area contributed by atoms with Gasteiger partial charge in [0.25, 0.3) is 0 Å². The quantitative estimate of drug-likeness (QED) is 0.232. The second-order valence-electron chi connectivity index (χ2n) is 13.4. The van der Waals surface area contributed by atoms with E-state index in [1.165, 1.54) is 16.9 Å². The van der Waals surface area contributed by atoms with Crippen LogP contribution in [0.15, 0.2) is 42.6 Å². The molecule has 11 nitrogen and oxygen atoms in total. The van der Waals surface area contributed by atoms with Crippen LogP contribution in [0.4, 0.5) is 10.6 Å². The third-order valence-electron chi connectivity index (χ3n) is 7.53. The molecule has 254 valence electrons. The first-order valence-corrected chi connectivity index (χ1v) is 16.0. The predicted octanol–water partition coefficient (Wildman–Crippen LogP) is 5.20. The van der Waals surface area contributed by atoms with Gasteiger partial charge < -0.3 is 29.0 Å². The molecule has 46 heavy (non-hydrogen) atoms. The van der Waals surface area contributed by atoms with Gasteiger partial charge in [0, 0.05) is 43.9 Å². The molecule has 3 rings (SSSR count). The summed E-state index contributed by atoms with van der Waals surface area (Å²) in [5.41, 5.74) is 1.21. The monoisotopic (exact) mass is 641 g/mol. The number of rotatable bonds is 13. The first kappa shape index (κ1) is 36.8. The van der Waals surface area contributed by atoms with Gasteiger partial charge in [-0.2, -0.15) is 0 Å². The van der Waals surface area contributed by atoms with E-state index in [4.69, 9.17) is 18.9 Å². The molecule has 0 bridgehead atoms. The van der Waals surface area contributed by atoms with Crippen molar-refractivity contribution >= 4 is 23.8 Å². The summed E-state index contributed by atoms with van der Waals surface area (Å²) in [7, 11) is 1.21. The number of carbonyl (C=O) groups is 3. The summed E-state index contributed by atoms with van der Waals surface area (Å²) in [6.45, 7) is 14.7. The number of pyridine rings is 1. The lowest BCUT2D eigenvalue weighted by molar-refractivity contribution is -0.156. The number of amides is 2. The number of hydrogen-bond acceptors (Lipinski definition) is 9. The van der Waals surface area contributed by atoms with Crippen LogP contribution in [-0.4, -0.2) is 84.6 Å². The molecule has 0 unspecified atom stereocenters. The number of aliphatic hydroxyl groups is 1. The van der Waals surface area contributed by atoms with Crippen molar-refractivity contribution in [1.29, 1.82) is 0 Å². The minimum Gasteiger partial charge on any atom is -0.493 e. The molecule has 2 heterocycles. The molecule has 2 aromatic rings. The summed E-state index contributed by atoms with van der Waals surface area (Å²) in [6, 6.07) is 11.7. The van der Waals surface area contributed by atoms with E-state index in [9.17, 15) is 19.5 Å². The Morgan fingerprint density at radius 3 is 2.33 bits per heavy atom. The molecule has 1 fully saturated rings. The van der Waals surface area contributed by atoms with E-state index >= 15 is 0 Å². The summed E-state index contributed by atoms with van der Waals surface area (Å²) < 4.78 is 22.5. The molecule has 1 saturated heterocycles. The predicted molar refractivity (Wildman–Crippen MR) is 175 cm³/mol. The highest BCUT2D eigenvalue weighted by molar-refractivity contribution is 5.96. The van der Waals surface area contributed by atoms with Crippen LogP contribution in [0.3, 0.4) is 0 Å². The Morgan fingerprint density at radius 1 is 1.04 bits per heavy atom. The second kappa shape index (κ2) is 16.7. The van der Waals surface area contributed by atoms with Crippen molar-refractivity contribution in [3.05, 3.63) is 53.7 Å². The summed E-state index contributed by atoms with van der Waals surface area (Å²) in [4.78, 5) is 47.4. The third-order valence-corrected chi connectivity index (χ3v) is 7.53. The van der Waals surface area contributed by atoms with Crippen LogP contribution in [0.25, 0.3) is 0 Å². The lowest BCUT2D eigenvalue weighted by atomic mass is 9.84. The van der Waals surface area contributed by atoms with Gasteiger partial charge in [0.1, 0.15) is 23.1 Å². The van der Waals surface area contributed by atoms with Gasteiger partial charge in [-0.25, -0.2) is 9.78 Å². The van der Waals surface area contributed by atoms with Crippen LogP contribution in [-0.2, 0) is 30.4 Å². The molecule has 1 aliphatic rings. The molecule has 0 saturated carbocycles. The number of carbonyl (C=O) groups excluding carboxylic acids is 3. The van der Waals surface area contributed by atoms with Gasteiger partial charge in [-0.3, -0.25) is 14.5 Å². The number of aromatic nitrogens is 1. The van der Waals surface area contributed by atoms with Crippen molar-refractivity contribution in [2.45, 2.75) is 79.1 Å². The van der Waals surface area contributed by atoms with Gasteiger partial charge in [-0.15, -0.1) is 0 Å². The van der Waals surface area contributed by atoms with Crippen molar-refractivity contribution in [1.82, 2.24) is 9.88 Å². The van der Waals surface area contributed by atoms with Gasteiger partial charge in [0.15, 0.2) is 0 Å². The van der Waals surface area contributed by atoms with Crippen LogP contribution < -0.4 is 9.64 Å². The normalized spacial score (nSPS) is 18.4. The summed E-state index contributed by atoms with van der Waals surface area (Å²) in [5, 5.41) is 11.3. The lowest BCUT2D eigenvalue weighted by Gasteiger charge is -2.41. The van der Waals surface area contributed by atoms with E-state index in [0.717, 1.165) is 11.1 Å². The number of nitrogens with zero attached hydrogens (tertiary/aromatic N) is 3. The van der Waals surface area contributed by atoms with Crippen LogP contribution in [0.1, 0.15) is 71.9 Å². The largest absolute Gasteiger partial charge is 0.493 e. The van der Waals surface area contributed by atoms with Crippen LogP contribution in [0.2, 0.25) is 0 Å². The summed E-state index contributed by atoms with van der Waals surface area (Å²) >= 11 is 0. The van der Waals surface area contributed by atoms with Crippen LogP contribution in [0.5, 0.6) is 5.75 Å². The first-order valence-electron chi connectivity index (χ1n) is 16.0. The standard InChI is InChI=1S/C35H51N3O8/c1-23(2)19-38(32(40)27-20-37(34(42)46-35(5,6)7)21-28(31(27)39)33(41)43-8)30-17-29(26(18-36-30)24(3)4)45-16-12-15-44-22-25-13-10-9-11-14-25/h9-11,13-14,17-18,23-24,27-28,31,39H,12,15-16,19-22H2,1-8H3/t27-,28+,31-/m0/s1. The molecular weight excluding hydrogens is 590 g/mol. The Labute approximate surface area is 273 Å². The Hall–Kier alpha value is -3.70. The number of anilines is 1. The van der Waals surface area contributed by atoms with Crippen LogP contribution >= 0.6 is 0 Å². The van der Waals surface area contributed by atoms with E-state index in [-0.39, 0.29) is 31.5 Å². The van der Waals surface area contributed by atoms with E-state index in [1.807, 2.05) is 58.0 Å². The number of aliphatic hydroxyl groups excluding tert-OH is 1. The molecule has 0 aliphatic carbocycles. The van der Waals surface area contributed by atoms with Crippen LogP contribution in [0, 0.1) is 17.8 Å². The fraction of sp³-hybridized carbons (Fsp3) is 0.600. The zero-order chi connectivity index (χ0) is 34.0. The van der Waals surface area contributed by atoms with E-state index in [0.29, 0.717) is 37.8 Å². The van der Waals surface area contributed by atoms with Crippen molar-refractivity contribution in [3.63, 3.8) is 0 Å². The summed E-state index contributed by atoms with van der Waals surface area (Å²) in [5.74, 6) is -2.30. The fourth-order valence-electron chi connectivity index (χ4n) is 5.22. The summed E-state index contributed by atoms with van der Waals surface area (Å²) in [6.07, 6.45) is 0.322. The van der Waals surface area contributed by atoms with E-state index < -0.39 is 41.5 Å². The molecule has 0 radical (unpaired) electrons. The fourth-order valence-corrected chi connectivity index (χ4v) is 5.22. The Balaban J connectivity index is 1.83. The van der Waals surface area contributed by atoms with Gasteiger partial charge >= 0.3 is 12.1 Å². The Morgan fingerprint density at radius 2 is 1.72 bits per heavy atom. The number of likely N-dealkylation sites (tertiary alicyclic amines) is 1. The topological polar surface area (TPSA) is 128 Å². The molecule has 11 heteroatoms. The maximum atomic E-state index is 14.3. The molecule has 3 atom stereocenters. The van der Waals surface area contributed by atoms with Crippen molar-refractivity contribution in [2.24, 2.45) is 17.8 Å². The average Bonchev–Trinajstić information content (AvgIpc) is 3.00. The maximum Gasteiger partial charge on any atom is 0.410 e. The molecule has 1 aromatic heterocycles. The zero-order valence-corrected chi connectivity index (χ0v) is 28.5. The Kier molecular flexibility index (Phi) is 13.4. The number of esters is 1. The second-order valence-corrected chi connectivity index (χ2v) is 13.4. The van der Waals surface area contributed by atoms with Crippen molar-refractivity contribution < 1.29 is 38.4 Å². The van der Waals surface area contributed by atoms with Crippen molar-refractivity contribution in [2.75, 3.05) is 44.9 Å². The van der Waals surface area contributed by atoms with E-state index in [1.54, 1.807) is 33.0 Å². The van der Waals surface area contributed by atoms with Gasteiger partial charge in [-0.05, 0) is 38.2 Å². The first-order chi connectivity index (χ1) is 21.7. The zero-order valence-electron chi connectivity index (χ0n) is 28.5. The number of benzene rings is 1. The highest BCUT2D eigenvalue weighted by atomic mass is 16.6. The molecule has 0 spiro atoms. The molecule has 1 aliphatic heterocycles. The lowest BCUT2D eigenvalue weighted by Crippen LogP contribution is -2.59. The van der Waals surface area contributed by atoms with Gasteiger partial charge in [-0.1, -0.05) is 58.0 Å². The smallest absolute Gasteiger partial charge is 0.410 e. The average molecular weight is 642 g/mol. The van der Waals surface area contributed by atoms with E-state index in [2.05, 4.69) is 4.98 Å². The maximum absolute atomic E-state index is 14.3. The highest BCUT2D eigenvalue weighted by Gasteiger charge is 2.47. The number of methoxy groups -OCH3 is 1. The molecule has 1 aromatic carbocycles. The third kappa shape index (κ3) is 10.4. The SMILES string of the molecule is COC(=O)[C@@H]1CN(C(=O)OC(C)(C)C)C[C@H](C(=O)N(CC(C)C)c2cc(OCCCOCc3ccccc3)c(C(C)C)cn2)[C@@H]1O. The number of ether oxygens (including phenoxy) is 4. The highest BCUT2D eigenvalue weighted by Crippen LogP contribution is 2.33. The minimum atomic E-state index is -1.38. The van der Waals surface area contributed by atoms with Gasteiger partial charge in [0.05, 0.1) is 39.0 Å².